The molecule has 1 saturated heterocycles. The van der Waals surface area contributed by atoms with Crippen molar-refractivity contribution in [3.63, 3.8) is 0 Å². The van der Waals surface area contributed by atoms with Crippen LogP contribution in [-0.4, -0.2) is 78.5 Å². The van der Waals surface area contributed by atoms with Crippen molar-refractivity contribution in [3.8, 4) is 0 Å². The zero-order valence-electron chi connectivity index (χ0n) is 16.1. The highest BCUT2D eigenvalue weighted by atomic mass is 32.2. The Morgan fingerprint density at radius 3 is 2.38 bits per heavy atom. The summed E-state index contributed by atoms with van der Waals surface area (Å²) >= 11 is 0. The number of sulfonamides is 1. The lowest BCUT2D eigenvalue weighted by molar-refractivity contribution is -0.140. The summed E-state index contributed by atoms with van der Waals surface area (Å²) < 4.78 is 47.4. The average Bonchev–Trinajstić information content (AvgIpc) is 2.78. The summed E-state index contributed by atoms with van der Waals surface area (Å²) in [6.07, 6.45) is 0. The molecule has 1 fully saturated rings. The van der Waals surface area contributed by atoms with Crippen LogP contribution < -0.4 is 4.90 Å². The zero-order chi connectivity index (χ0) is 21.0. The van der Waals surface area contributed by atoms with E-state index in [0.717, 1.165) is 0 Å². The van der Waals surface area contributed by atoms with Gasteiger partial charge in [0.05, 0.1) is 44.5 Å². The Kier molecular flexibility index (Phi) is 6.52. The minimum atomic E-state index is -3.74. The van der Waals surface area contributed by atoms with Crippen LogP contribution in [0.25, 0.3) is 0 Å². The molecule has 11 heteroatoms. The van der Waals surface area contributed by atoms with Crippen LogP contribution in [0, 0.1) is 0 Å². The molecule has 0 amide bonds. The molecule has 0 saturated carbocycles. The normalized spacial score (nSPS) is 18.5. The molecule has 10 nitrogen and oxygen atoms in total. The third-order valence-corrected chi connectivity index (χ3v) is 6.46. The van der Waals surface area contributed by atoms with Crippen molar-refractivity contribution >= 4 is 27.6 Å². The van der Waals surface area contributed by atoms with Gasteiger partial charge < -0.3 is 23.8 Å². The predicted molar refractivity (Wildman–Crippen MR) is 100 cm³/mol. The Morgan fingerprint density at radius 2 is 1.72 bits per heavy atom. The van der Waals surface area contributed by atoms with Crippen LogP contribution in [0.1, 0.15) is 0 Å². The third kappa shape index (κ3) is 4.27. The molecule has 0 bridgehead atoms. The van der Waals surface area contributed by atoms with Crippen LogP contribution in [0.15, 0.2) is 40.4 Å². The number of morpholine rings is 1. The summed E-state index contributed by atoms with van der Waals surface area (Å²) in [5.74, 6) is -1.48. The maximum Gasteiger partial charge on any atom is 0.355 e. The monoisotopic (exact) mass is 426 g/mol. The Hall–Kier alpha value is -2.47. The van der Waals surface area contributed by atoms with Gasteiger partial charge in [-0.25, -0.2) is 18.0 Å². The molecule has 158 valence electrons. The molecule has 2 aliphatic rings. The topological polar surface area (TPSA) is 112 Å². The molecular weight excluding hydrogens is 404 g/mol. The highest BCUT2D eigenvalue weighted by molar-refractivity contribution is 7.89. The first kappa shape index (κ1) is 21.2. The summed E-state index contributed by atoms with van der Waals surface area (Å²) in [4.78, 5) is 25.9. The maximum absolute atomic E-state index is 13.0. The van der Waals surface area contributed by atoms with Gasteiger partial charge in [0.15, 0.2) is 0 Å². The molecule has 29 heavy (non-hydrogen) atoms. The van der Waals surface area contributed by atoms with E-state index in [0.29, 0.717) is 18.9 Å². The van der Waals surface area contributed by atoms with Gasteiger partial charge in [0, 0.05) is 18.8 Å². The fraction of sp³-hybridized carbons (Fsp3) is 0.444. The number of benzene rings is 1. The van der Waals surface area contributed by atoms with Crippen LogP contribution in [-0.2, 0) is 38.6 Å². The van der Waals surface area contributed by atoms with Gasteiger partial charge in [-0.1, -0.05) is 6.07 Å². The zero-order valence-corrected chi connectivity index (χ0v) is 16.9. The largest absolute Gasteiger partial charge is 0.466 e. The van der Waals surface area contributed by atoms with E-state index in [1.165, 1.54) is 35.6 Å². The molecule has 2 aliphatic heterocycles. The van der Waals surface area contributed by atoms with Crippen molar-refractivity contribution in [3.05, 3.63) is 35.5 Å². The van der Waals surface area contributed by atoms with Crippen LogP contribution in [0.4, 0.5) is 5.69 Å². The standard InChI is InChI=1S/C18H22N2O8S/c1-25-17(21)15-11-28-12-20(16(15)18(22)26-2)13-4-3-5-14(10-13)29(23,24)19-6-8-27-9-7-19/h3-5,10H,6-9,11-12H2,1-2H3. The molecule has 0 aromatic heterocycles. The molecule has 3 rings (SSSR count). The fourth-order valence-corrected chi connectivity index (χ4v) is 4.54. The lowest BCUT2D eigenvalue weighted by atomic mass is 10.1. The Balaban J connectivity index is 2.02. The Labute approximate surface area is 168 Å². The van der Waals surface area contributed by atoms with Gasteiger partial charge in [0.1, 0.15) is 12.4 Å². The highest BCUT2D eigenvalue weighted by Crippen LogP contribution is 2.29. The Bertz CT molecular complexity index is 922. The number of esters is 2. The number of methoxy groups -OCH3 is 2. The van der Waals surface area contributed by atoms with Crippen molar-refractivity contribution in [1.29, 1.82) is 0 Å². The summed E-state index contributed by atoms with van der Waals surface area (Å²) in [7, 11) is -1.35. The summed E-state index contributed by atoms with van der Waals surface area (Å²) in [6.45, 7) is 0.997. The average molecular weight is 426 g/mol. The number of nitrogens with zero attached hydrogens (tertiary/aromatic N) is 2. The van der Waals surface area contributed by atoms with E-state index in [1.807, 2.05) is 0 Å². The van der Waals surface area contributed by atoms with E-state index >= 15 is 0 Å². The third-order valence-electron chi connectivity index (χ3n) is 4.57. The van der Waals surface area contributed by atoms with Gasteiger partial charge in [-0.2, -0.15) is 4.31 Å². The minimum absolute atomic E-state index is 0.00737. The number of carbonyl (C=O) groups excluding carboxylic acids is 2. The quantitative estimate of drug-likeness (QED) is 0.605. The van der Waals surface area contributed by atoms with E-state index in [4.69, 9.17) is 18.9 Å². The van der Waals surface area contributed by atoms with E-state index in [-0.39, 0.29) is 42.6 Å². The number of rotatable bonds is 5. The number of anilines is 1. The van der Waals surface area contributed by atoms with E-state index in [9.17, 15) is 18.0 Å². The molecule has 0 N–H and O–H groups in total. The molecule has 0 atom stereocenters. The van der Waals surface area contributed by atoms with Crippen LogP contribution in [0.5, 0.6) is 0 Å². The van der Waals surface area contributed by atoms with E-state index in [2.05, 4.69) is 0 Å². The molecule has 1 aromatic carbocycles. The van der Waals surface area contributed by atoms with Crippen LogP contribution >= 0.6 is 0 Å². The molecule has 1 aromatic rings. The fourth-order valence-electron chi connectivity index (χ4n) is 3.10. The summed E-state index contributed by atoms with van der Waals surface area (Å²) in [5, 5.41) is 0. The smallest absolute Gasteiger partial charge is 0.355 e. The van der Waals surface area contributed by atoms with Crippen LogP contribution in [0.2, 0.25) is 0 Å². The van der Waals surface area contributed by atoms with Crippen molar-refractivity contribution in [2.75, 3.05) is 58.8 Å². The molecule has 0 spiro atoms. The second kappa shape index (κ2) is 8.91. The van der Waals surface area contributed by atoms with E-state index in [1.54, 1.807) is 12.1 Å². The molecular formula is C18H22N2O8S. The first-order chi connectivity index (χ1) is 13.9. The first-order valence-electron chi connectivity index (χ1n) is 8.83. The Morgan fingerprint density at radius 1 is 1.03 bits per heavy atom. The number of hydrogen-bond acceptors (Lipinski definition) is 9. The van der Waals surface area contributed by atoms with E-state index < -0.39 is 22.0 Å². The second-order valence-electron chi connectivity index (χ2n) is 6.23. The maximum atomic E-state index is 13.0. The summed E-state index contributed by atoms with van der Waals surface area (Å²) in [6, 6.07) is 6.08. The van der Waals surface area contributed by atoms with Crippen LogP contribution in [0.3, 0.4) is 0 Å². The molecule has 0 radical (unpaired) electrons. The van der Waals surface area contributed by atoms with Crippen molar-refractivity contribution in [1.82, 2.24) is 4.31 Å². The number of hydrogen-bond donors (Lipinski definition) is 0. The molecule has 2 heterocycles. The van der Waals surface area contributed by atoms with Crippen molar-refractivity contribution in [2.45, 2.75) is 4.90 Å². The molecule has 0 unspecified atom stereocenters. The number of ether oxygens (including phenoxy) is 4. The summed E-state index contributed by atoms with van der Waals surface area (Å²) in [5.41, 5.74) is 0.305. The first-order valence-corrected chi connectivity index (χ1v) is 10.3. The van der Waals surface area contributed by atoms with Gasteiger partial charge >= 0.3 is 11.9 Å². The predicted octanol–water partition coefficient (Wildman–Crippen LogP) is 0.102. The van der Waals surface area contributed by atoms with Gasteiger partial charge in [-0.05, 0) is 18.2 Å². The molecule has 0 aliphatic carbocycles. The van der Waals surface area contributed by atoms with Crippen molar-refractivity contribution < 1.29 is 37.0 Å². The number of carbonyl (C=O) groups is 2. The second-order valence-corrected chi connectivity index (χ2v) is 8.17. The SMILES string of the molecule is COC(=O)C1=C(C(=O)OC)N(c2cccc(S(=O)(=O)N3CCOCC3)c2)COC1. The van der Waals surface area contributed by atoms with Gasteiger partial charge in [-0.3, -0.25) is 0 Å². The van der Waals surface area contributed by atoms with Crippen molar-refractivity contribution in [2.24, 2.45) is 0 Å². The van der Waals surface area contributed by atoms with Gasteiger partial charge in [0.2, 0.25) is 10.0 Å². The van der Waals surface area contributed by atoms with Gasteiger partial charge in [0.25, 0.3) is 0 Å². The highest BCUT2D eigenvalue weighted by Gasteiger charge is 2.33. The minimum Gasteiger partial charge on any atom is -0.466 e. The lowest BCUT2D eigenvalue weighted by Gasteiger charge is -2.32. The lowest BCUT2D eigenvalue weighted by Crippen LogP contribution is -2.41. The van der Waals surface area contributed by atoms with Gasteiger partial charge in [-0.15, -0.1) is 0 Å².